The van der Waals surface area contributed by atoms with E-state index in [2.05, 4.69) is 16.6 Å². The lowest BCUT2D eigenvalue weighted by Crippen LogP contribution is -2.27. The molecule has 1 aromatic rings. The summed E-state index contributed by atoms with van der Waals surface area (Å²) in [5.41, 5.74) is 1.44. The molecule has 0 saturated heterocycles. The van der Waals surface area contributed by atoms with Gasteiger partial charge in [0.1, 0.15) is 6.61 Å². The van der Waals surface area contributed by atoms with Crippen LogP contribution in [0.5, 0.6) is 5.75 Å². The summed E-state index contributed by atoms with van der Waals surface area (Å²) in [6, 6.07) is 5.52. The zero-order chi connectivity index (χ0) is 12.8. The molecule has 4 heteroatoms. The molecule has 1 aromatic carbocycles. The van der Waals surface area contributed by atoms with Crippen molar-refractivity contribution < 1.29 is 9.53 Å². The van der Waals surface area contributed by atoms with E-state index in [1.165, 1.54) is 0 Å². The van der Waals surface area contributed by atoms with E-state index >= 15 is 0 Å². The maximum Gasteiger partial charge on any atom is 0.255 e. The summed E-state index contributed by atoms with van der Waals surface area (Å²) in [7, 11) is 0. The monoisotopic (exact) mass is 244 g/mol. The van der Waals surface area contributed by atoms with Gasteiger partial charge in [0.25, 0.3) is 5.91 Å². The first-order valence-electron chi connectivity index (χ1n) is 6.04. The van der Waals surface area contributed by atoms with Crippen molar-refractivity contribution in [3.05, 3.63) is 23.8 Å². The van der Waals surface area contributed by atoms with Crippen LogP contribution in [0.4, 0.5) is 5.69 Å². The Bertz CT molecular complexity index is 477. The van der Waals surface area contributed by atoms with Gasteiger partial charge in [0.2, 0.25) is 0 Å². The molecule has 0 radical (unpaired) electrons. The molecule has 0 atom stereocenters. The Labute approximate surface area is 107 Å². The molecule has 1 heterocycles. The van der Waals surface area contributed by atoms with Crippen molar-refractivity contribution in [2.75, 3.05) is 25.0 Å². The van der Waals surface area contributed by atoms with Crippen LogP contribution in [0.2, 0.25) is 0 Å². The number of para-hydroxylation sites is 1. The zero-order valence-electron chi connectivity index (χ0n) is 10.2. The number of nitrogens with one attached hydrogen (secondary N) is 2. The molecule has 1 aliphatic heterocycles. The van der Waals surface area contributed by atoms with Crippen LogP contribution in [0.1, 0.15) is 23.2 Å². The average Bonchev–Trinajstić information content (AvgIpc) is 2.43. The van der Waals surface area contributed by atoms with Crippen LogP contribution in [0.15, 0.2) is 18.2 Å². The molecular weight excluding hydrogens is 228 g/mol. The zero-order valence-corrected chi connectivity index (χ0v) is 10.2. The number of amides is 1. The summed E-state index contributed by atoms with van der Waals surface area (Å²) in [6.07, 6.45) is 6.62. The maximum atomic E-state index is 12.0. The molecule has 0 fully saturated rings. The van der Waals surface area contributed by atoms with Gasteiger partial charge in [0.05, 0.1) is 11.3 Å². The van der Waals surface area contributed by atoms with Crippen LogP contribution in [-0.2, 0) is 0 Å². The van der Waals surface area contributed by atoms with Gasteiger partial charge < -0.3 is 15.4 Å². The first-order chi connectivity index (χ1) is 8.83. The summed E-state index contributed by atoms with van der Waals surface area (Å²) < 4.78 is 5.55. The van der Waals surface area contributed by atoms with Crippen molar-refractivity contribution in [2.45, 2.75) is 12.8 Å². The molecule has 2 N–H and O–H groups in total. The predicted octanol–water partition coefficient (Wildman–Crippen LogP) is 1.63. The number of fused-ring (bicyclic) bond motifs is 1. The number of rotatable bonds is 4. The fourth-order valence-electron chi connectivity index (χ4n) is 1.84. The summed E-state index contributed by atoms with van der Waals surface area (Å²) >= 11 is 0. The lowest BCUT2D eigenvalue weighted by atomic mass is 10.1. The van der Waals surface area contributed by atoms with Crippen molar-refractivity contribution in [1.82, 2.24) is 5.32 Å². The minimum atomic E-state index is -0.118. The minimum absolute atomic E-state index is 0.118. The molecule has 0 spiro atoms. The summed E-state index contributed by atoms with van der Waals surface area (Å²) in [4.78, 5) is 12.0. The van der Waals surface area contributed by atoms with E-state index < -0.39 is 0 Å². The number of hydrogen-bond acceptors (Lipinski definition) is 3. The molecule has 0 bridgehead atoms. The van der Waals surface area contributed by atoms with E-state index in [-0.39, 0.29) is 5.91 Å². The molecule has 1 aliphatic rings. The van der Waals surface area contributed by atoms with Gasteiger partial charge in [-0.05, 0) is 18.6 Å². The quantitative estimate of drug-likeness (QED) is 0.625. The first-order valence-corrected chi connectivity index (χ1v) is 6.04. The summed E-state index contributed by atoms with van der Waals surface area (Å²) in [5.74, 6) is 3.06. The molecule has 0 aromatic heterocycles. The first kappa shape index (κ1) is 12.3. The third kappa shape index (κ3) is 2.75. The van der Waals surface area contributed by atoms with E-state index in [4.69, 9.17) is 11.2 Å². The molecule has 0 aliphatic carbocycles. The molecule has 4 nitrogen and oxygen atoms in total. The maximum absolute atomic E-state index is 12.0. The highest BCUT2D eigenvalue weighted by Crippen LogP contribution is 2.30. The van der Waals surface area contributed by atoms with Crippen molar-refractivity contribution in [1.29, 1.82) is 0 Å². The van der Waals surface area contributed by atoms with Gasteiger partial charge in [-0.2, -0.15) is 0 Å². The third-order valence-corrected chi connectivity index (χ3v) is 2.71. The van der Waals surface area contributed by atoms with Crippen LogP contribution in [0.3, 0.4) is 0 Å². The number of benzene rings is 1. The van der Waals surface area contributed by atoms with E-state index in [0.29, 0.717) is 30.9 Å². The smallest absolute Gasteiger partial charge is 0.255 e. The van der Waals surface area contributed by atoms with E-state index in [9.17, 15) is 4.79 Å². The molecule has 0 saturated carbocycles. The number of carbonyl (C=O) groups is 1. The predicted molar refractivity (Wildman–Crippen MR) is 70.8 cm³/mol. The Kier molecular flexibility index (Phi) is 4.08. The Morgan fingerprint density at radius 3 is 3.28 bits per heavy atom. The normalized spacial score (nSPS) is 12.6. The van der Waals surface area contributed by atoms with Crippen molar-refractivity contribution in [3.8, 4) is 18.1 Å². The Morgan fingerprint density at radius 2 is 2.44 bits per heavy atom. The number of terminal acetylenes is 1. The Balaban J connectivity index is 2.04. The second-order valence-electron chi connectivity index (χ2n) is 4.02. The van der Waals surface area contributed by atoms with E-state index in [1.807, 2.05) is 12.1 Å². The van der Waals surface area contributed by atoms with Gasteiger partial charge >= 0.3 is 0 Å². The van der Waals surface area contributed by atoms with Crippen LogP contribution in [0.25, 0.3) is 0 Å². The lowest BCUT2D eigenvalue weighted by Gasteiger charge is -2.21. The second-order valence-corrected chi connectivity index (χ2v) is 4.02. The van der Waals surface area contributed by atoms with Crippen molar-refractivity contribution in [3.63, 3.8) is 0 Å². The number of unbranched alkanes of at least 4 members (excludes halogenated alkanes) is 1. The van der Waals surface area contributed by atoms with Crippen LogP contribution in [-0.4, -0.2) is 25.6 Å². The lowest BCUT2D eigenvalue weighted by molar-refractivity contribution is 0.0949. The topological polar surface area (TPSA) is 50.4 Å². The Morgan fingerprint density at radius 1 is 1.56 bits per heavy atom. The SMILES string of the molecule is C#CCCCNC(=O)c1cccc2c1OCCN2. The van der Waals surface area contributed by atoms with Gasteiger partial charge in [0, 0.05) is 19.5 Å². The number of carbonyl (C=O) groups excluding carboxylic acids is 1. The molecule has 1 amide bonds. The number of hydrogen-bond donors (Lipinski definition) is 2. The van der Waals surface area contributed by atoms with Gasteiger partial charge in [-0.3, -0.25) is 4.79 Å². The van der Waals surface area contributed by atoms with Crippen LogP contribution < -0.4 is 15.4 Å². The largest absolute Gasteiger partial charge is 0.489 e. The third-order valence-electron chi connectivity index (χ3n) is 2.71. The van der Waals surface area contributed by atoms with Crippen molar-refractivity contribution in [2.24, 2.45) is 0 Å². The molecule has 18 heavy (non-hydrogen) atoms. The van der Waals surface area contributed by atoms with Crippen LogP contribution in [0, 0.1) is 12.3 Å². The minimum Gasteiger partial charge on any atom is -0.489 e. The van der Waals surface area contributed by atoms with Gasteiger partial charge in [-0.15, -0.1) is 12.3 Å². The summed E-state index contributed by atoms with van der Waals surface area (Å²) in [6.45, 7) is 1.93. The van der Waals surface area contributed by atoms with Gasteiger partial charge in [-0.25, -0.2) is 0 Å². The highest BCUT2D eigenvalue weighted by molar-refractivity contribution is 5.98. The average molecular weight is 244 g/mol. The highest BCUT2D eigenvalue weighted by Gasteiger charge is 2.18. The number of ether oxygens (including phenoxy) is 1. The fraction of sp³-hybridized carbons (Fsp3) is 0.357. The van der Waals surface area contributed by atoms with E-state index in [1.54, 1.807) is 6.07 Å². The highest BCUT2D eigenvalue weighted by atomic mass is 16.5. The van der Waals surface area contributed by atoms with Crippen molar-refractivity contribution >= 4 is 11.6 Å². The fourth-order valence-corrected chi connectivity index (χ4v) is 1.84. The van der Waals surface area contributed by atoms with Gasteiger partial charge in [-0.1, -0.05) is 6.07 Å². The molecule has 94 valence electrons. The second kappa shape index (κ2) is 5.97. The van der Waals surface area contributed by atoms with Crippen LogP contribution >= 0.6 is 0 Å². The van der Waals surface area contributed by atoms with Gasteiger partial charge in [0.15, 0.2) is 5.75 Å². The summed E-state index contributed by atoms with van der Waals surface area (Å²) in [5, 5.41) is 6.04. The molecule has 0 unspecified atom stereocenters. The molecular formula is C14H16N2O2. The van der Waals surface area contributed by atoms with E-state index in [0.717, 1.165) is 18.7 Å². The molecule has 2 rings (SSSR count). The Hall–Kier alpha value is -2.15. The number of anilines is 1. The standard InChI is InChI=1S/C14H16N2O2/c1-2-3-4-8-16-14(17)11-6-5-7-12-13(11)18-10-9-15-12/h1,5-7,15H,3-4,8-10H2,(H,16,17).